The summed E-state index contributed by atoms with van der Waals surface area (Å²) < 4.78 is 14.2. The minimum absolute atomic E-state index is 0.00708. The molecule has 6 aromatic carbocycles. The Morgan fingerprint density at radius 2 is 0.511 bits per heavy atom. The van der Waals surface area contributed by atoms with Crippen molar-refractivity contribution in [1.29, 1.82) is 0 Å². The van der Waals surface area contributed by atoms with Gasteiger partial charge in [-0.05, 0) is 33.4 Å². The molecule has 0 radical (unpaired) electrons. The summed E-state index contributed by atoms with van der Waals surface area (Å²) in [6.45, 7) is -0.695. The molecule has 4 nitrogen and oxygen atoms in total. The number of aliphatic hydroxyl groups excluding tert-OH is 2. The molecule has 0 heterocycles. The van der Waals surface area contributed by atoms with E-state index in [1.807, 2.05) is 109 Å². The Hall–Kier alpha value is -4.84. The molecule has 0 aliphatic rings. The molecule has 0 aliphatic heterocycles. The van der Waals surface area contributed by atoms with E-state index >= 15 is 0 Å². The van der Waals surface area contributed by atoms with Crippen LogP contribution in [0.2, 0.25) is 0 Å². The molecular weight excluding hydrogens is 580 g/mol. The van der Waals surface area contributed by atoms with E-state index in [4.69, 9.17) is 9.47 Å². The van der Waals surface area contributed by atoms with Gasteiger partial charge in [-0.25, -0.2) is 0 Å². The summed E-state index contributed by atoms with van der Waals surface area (Å²) in [5.74, 6) is 0. The van der Waals surface area contributed by atoms with Crippen LogP contribution >= 0.6 is 0 Å². The van der Waals surface area contributed by atoms with Gasteiger partial charge in [0, 0.05) is 0 Å². The quantitative estimate of drug-likeness (QED) is 0.121. The van der Waals surface area contributed by atoms with E-state index in [2.05, 4.69) is 72.8 Å². The van der Waals surface area contributed by atoms with Crippen molar-refractivity contribution >= 4 is 0 Å². The third-order valence-electron chi connectivity index (χ3n) is 8.94. The minimum atomic E-state index is -1.16. The van der Waals surface area contributed by atoms with Crippen LogP contribution in [0.1, 0.15) is 33.4 Å². The van der Waals surface area contributed by atoms with E-state index in [1.54, 1.807) is 0 Å². The van der Waals surface area contributed by atoms with Gasteiger partial charge >= 0.3 is 0 Å². The van der Waals surface area contributed by atoms with Crippen molar-refractivity contribution in [1.82, 2.24) is 0 Å². The first-order valence-corrected chi connectivity index (χ1v) is 16.0. The highest BCUT2D eigenvalue weighted by molar-refractivity contribution is 5.49. The topological polar surface area (TPSA) is 58.9 Å². The molecule has 0 bridgehead atoms. The molecule has 4 heteroatoms. The predicted octanol–water partition coefficient (Wildman–Crippen LogP) is 7.97. The molecule has 0 aromatic heterocycles. The van der Waals surface area contributed by atoms with Crippen molar-refractivity contribution in [2.45, 2.75) is 11.2 Å². The molecule has 0 atom stereocenters. The van der Waals surface area contributed by atoms with Gasteiger partial charge in [0.15, 0.2) is 0 Å². The molecule has 2 N–H and O–H groups in total. The fourth-order valence-corrected chi connectivity index (χ4v) is 6.33. The number of hydrogen-bond acceptors (Lipinski definition) is 4. The average molecular weight is 621 g/mol. The monoisotopic (exact) mass is 620 g/mol. The van der Waals surface area contributed by atoms with E-state index in [0.29, 0.717) is 0 Å². The Labute approximate surface area is 277 Å². The second kappa shape index (κ2) is 14.7. The predicted molar refractivity (Wildman–Crippen MR) is 187 cm³/mol. The van der Waals surface area contributed by atoms with Crippen molar-refractivity contribution in [3.8, 4) is 0 Å². The smallest absolute Gasteiger partial charge is 0.143 e. The Morgan fingerprint density at radius 3 is 0.681 bits per heavy atom. The molecular formula is C43H40O4. The Bertz CT molecular complexity index is 1450. The number of benzene rings is 6. The van der Waals surface area contributed by atoms with Crippen molar-refractivity contribution in [3.05, 3.63) is 215 Å². The highest BCUT2D eigenvalue weighted by Crippen LogP contribution is 2.44. The molecule has 0 saturated heterocycles. The minimum Gasteiger partial charge on any atom is -0.396 e. The van der Waals surface area contributed by atoms with Crippen molar-refractivity contribution in [3.63, 3.8) is 0 Å². The van der Waals surface area contributed by atoms with Gasteiger partial charge in [0.25, 0.3) is 0 Å². The zero-order chi connectivity index (χ0) is 32.4. The molecule has 0 spiro atoms. The number of rotatable bonds is 14. The largest absolute Gasteiger partial charge is 0.396 e. The molecule has 6 aromatic rings. The normalized spacial score (nSPS) is 12.1. The lowest BCUT2D eigenvalue weighted by Gasteiger charge is -2.42. The van der Waals surface area contributed by atoms with Crippen LogP contribution in [0.3, 0.4) is 0 Å². The zero-order valence-electron chi connectivity index (χ0n) is 26.4. The third kappa shape index (κ3) is 6.42. The zero-order valence-corrected chi connectivity index (χ0v) is 26.4. The van der Waals surface area contributed by atoms with Crippen molar-refractivity contribution in [2.75, 3.05) is 26.4 Å². The van der Waals surface area contributed by atoms with Gasteiger partial charge in [0.05, 0.1) is 31.8 Å². The number of ether oxygens (including phenoxy) is 2. The van der Waals surface area contributed by atoms with Crippen LogP contribution in [0.4, 0.5) is 0 Å². The Kier molecular flexibility index (Phi) is 10.1. The molecule has 236 valence electrons. The first-order chi connectivity index (χ1) is 23.2. The van der Waals surface area contributed by atoms with Gasteiger partial charge in [0.2, 0.25) is 0 Å². The Balaban J connectivity index is 1.44. The number of hydrogen-bond donors (Lipinski definition) is 2. The Morgan fingerprint density at radius 1 is 0.319 bits per heavy atom. The second-order valence-electron chi connectivity index (χ2n) is 12.0. The van der Waals surface area contributed by atoms with Gasteiger partial charge in [0.1, 0.15) is 11.2 Å². The highest BCUT2D eigenvalue weighted by atomic mass is 16.5. The summed E-state index contributed by atoms with van der Waals surface area (Å²) in [7, 11) is 0. The van der Waals surface area contributed by atoms with Gasteiger partial charge in [-0.1, -0.05) is 182 Å². The maximum atomic E-state index is 11.1. The summed E-state index contributed by atoms with van der Waals surface area (Å²) in [4.78, 5) is 0. The van der Waals surface area contributed by atoms with E-state index in [1.165, 1.54) is 0 Å². The first kappa shape index (κ1) is 32.1. The fraction of sp³-hybridized carbons (Fsp3) is 0.163. The van der Waals surface area contributed by atoms with E-state index in [0.717, 1.165) is 33.4 Å². The van der Waals surface area contributed by atoms with Gasteiger partial charge in [-0.15, -0.1) is 0 Å². The first-order valence-electron chi connectivity index (χ1n) is 16.0. The van der Waals surface area contributed by atoms with Crippen LogP contribution in [0, 0.1) is 5.41 Å². The molecule has 47 heavy (non-hydrogen) atoms. The van der Waals surface area contributed by atoms with E-state index in [9.17, 15) is 10.2 Å². The number of aliphatic hydroxyl groups is 2. The molecule has 0 amide bonds. The van der Waals surface area contributed by atoms with E-state index in [-0.39, 0.29) is 26.4 Å². The second-order valence-corrected chi connectivity index (χ2v) is 12.0. The molecule has 6 rings (SSSR count). The van der Waals surface area contributed by atoms with Crippen LogP contribution in [0.15, 0.2) is 182 Å². The van der Waals surface area contributed by atoms with Gasteiger partial charge in [-0.2, -0.15) is 0 Å². The summed E-state index contributed by atoms with van der Waals surface area (Å²) in [5, 5.41) is 22.1. The van der Waals surface area contributed by atoms with Crippen LogP contribution in [0.25, 0.3) is 0 Å². The van der Waals surface area contributed by atoms with Gasteiger partial charge < -0.3 is 19.7 Å². The SMILES string of the molecule is OCC(CO)(COC(c1ccccc1)(c1ccccc1)c1ccccc1)COC(c1ccccc1)(c1ccccc1)c1ccccc1. The van der Waals surface area contributed by atoms with Crippen molar-refractivity contribution in [2.24, 2.45) is 5.41 Å². The maximum Gasteiger partial charge on any atom is 0.143 e. The lowest BCUT2D eigenvalue weighted by molar-refractivity contribution is -0.130. The molecule has 0 aliphatic carbocycles. The molecule has 0 unspecified atom stereocenters. The fourth-order valence-electron chi connectivity index (χ4n) is 6.33. The lowest BCUT2D eigenvalue weighted by atomic mass is 9.79. The summed E-state index contributed by atoms with van der Waals surface area (Å²) >= 11 is 0. The van der Waals surface area contributed by atoms with Gasteiger partial charge in [-0.3, -0.25) is 0 Å². The molecule has 0 saturated carbocycles. The third-order valence-corrected chi connectivity index (χ3v) is 8.94. The van der Waals surface area contributed by atoms with Crippen LogP contribution < -0.4 is 0 Å². The van der Waals surface area contributed by atoms with Crippen LogP contribution in [-0.2, 0) is 20.7 Å². The summed E-state index contributed by atoms with van der Waals surface area (Å²) in [6, 6.07) is 60.6. The standard InChI is InChI=1S/C43H40O4/c44-31-41(32-45,33-46-42(35-19-7-1-8-20-35,36-21-9-2-10-22-36)37-23-11-3-12-24-37)34-47-43(38-25-13-4-14-26-38,39-27-15-5-16-28-39)40-29-17-6-18-30-40/h1-30,44-45H,31-34H2. The highest BCUT2D eigenvalue weighted by Gasteiger charge is 2.44. The lowest BCUT2D eigenvalue weighted by Crippen LogP contribution is -2.46. The summed E-state index contributed by atoms with van der Waals surface area (Å²) in [5.41, 5.74) is 2.44. The average Bonchev–Trinajstić information content (AvgIpc) is 3.17. The maximum absolute atomic E-state index is 11.1. The van der Waals surface area contributed by atoms with Crippen LogP contribution in [0.5, 0.6) is 0 Å². The molecule has 0 fully saturated rings. The summed E-state index contributed by atoms with van der Waals surface area (Å²) in [6.07, 6.45) is 0. The van der Waals surface area contributed by atoms with Crippen molar-refractivity contribution < 1.29 is 19.7 Å². The van der Waals surface area contributed by atoms with E-state index < -0.39 is 16.6 Å². The van der Waals surface area contributed by atoms with Crippen LogP contribution in [-0.4, -0.2) is 36.6 Å².